The molecule has 0 radical (unpaired) electrons. The van der Waals surface area contributed by atoms with Gasteiger partial charge in [-0.15, -0.1) is 11.3 Å². The Bertz CT molecular complexity index is 610. The number of carbonyl (C=O) groups excluding carboxylic acids is 1. The summed E-state index contributed by atoms with van der Waals surface area (Å²) in [5.74, 6) is -0.500. The molecule has 1 aromatic carbocycles. The van der Waals surface area contributed by atoms with Crippen molar-refractivity contribution in [3.8, 4) is 0 Å². The van der Waals surface area contributed by atoms with Crippen molar-refractivity contribution in [1.82, 2.24) is 0 Å². The molecule has 0 spiro atoms. The van der Waals surface area contributed by atoms with Crippen LogP contribution in [-0.4, -0.2) is 5.91 Å². The molecule has 5 heteroatoms. The van der Waals surface area contributed by atoms with E-state index in [4.69, 9.17) is 0 Å². The lowest BCUT2D eigenvalue weighted by atomic mass is 10.2. The van der Waals surface area contributed by atoms with Gasteiger partial charge >= 0.3 is 0 Å². The van der Waals surface area contributed by atoms with Crippen LogP contribution in [0.4, 0.5) is 15.8 Å². The molecule has 0 aliphatic carbocycles. The third-order valence-corrected chi connectivity index (χ3v) is 4.04. The maximum Gasteiger partial charge on any atom is 0.221 e. The van der Waals surface area contributed by atoms with Crippen molar-refractivity contribution in [1.29, 1.82) is 0 Å². The summed E-state index contributed by atoms with van der Waals surface area (Å²) in [5, 5.41) is 5.71. The summed E-state index contributed by atoms with van der Waals surface area (Å²) in [5.41, 5.74) is 0.976. The fraction of sp³-hybridized carbons (Fsp3) is 0.267. The number of benzene rings is 1. The second-order valence-corrected chi connectivity index (χ2v) is 5.70. The molecule has 20 heavy (non-hydrogen) atoms. The Morgan fingerprint density at radius 3 is 2.65 bits per heavy atom. The number of halogens is 1. The maximum atomic E-state index is 13.7. The fourth-order valence-electron chi connectivity index (χ4n) is 1.83. The molecule has 106 valence electrons. The zero-order chi connectivity index (χ0) is 14.5. The van der Waals surface area contributed by atoms with Crippen molar-refractivity contribution in [3.63, 3.8) is 0 Å². The summed E-state index contributed by atoms with van der Waals surface area (Å²) < 4.78 is 13.7. The van der Waals surface area contributed by atoms with Crippen LogP contribution in [0.5, 0.6) is 0 Å². The van der Waals surface area contributed by atoms with Gasteiger partial charge in [-0.3, -0.25) is 4.79 Å². The first kappa shape index (κ1) is 14.5. The zero-order valence-corrected chi connectivity index (χ0v) is 12.3. The van der Waals surface area contributed by atoms with Gasteiger partial charge in [0.15, 0.2) is 0 Å². The van der Waals surface area contributed by atoms with Gasteiger partial charge in [-0.2, -0.15) is 0 Å². The van der Waals surface area contributed by atoms with Crippen LogP contribution >= 0.6 is 11.3 Å². The predicted molar refractivity (Wildman–Crippen MR) is 81.7 cm³/mol. The summed E-state index contributed by atoms with van der Waals surface area (Å²) >= 11 is 1.72. The van der Waals surface area contributed by atoms with Crippen LogP contribution in [0, 0.1) is 5.82 Å². The number of nitrogens with one attached hydrogen (secondary N) is 2. The average molecular weight is 292 g/mol. The highest BCUT2D eigenvalue weighted by atomic mass is 32.1. The molecule has 2 aromatic rings. The van der Waals surface area contributed by atoms with E-state index in [1.54, 1.807) is 23.5 Å². The number of thiophene rings is 1. The van der Waals surface area contributed by atoms with Crippen molar-refractivity contribution in [2.75, 3.05) is 10.6 Å². The molecule has 0 aliphatic rings. The molecular formula is C15H17FN2OS. The van der Waals surface area contributed by atoms with Gasteiger partial charge in [-0.25, -0.2) is 4.39 Å². The minimum absolute atomic E-state index is 0.173. The number of hydrogen-bond donors (Lipinski definition) is 2. The fourth-order valence-corrected chi connectivity index (χ4v) is 2.73. The van der Waals surface area contributed by atoms with E-state index in [1.807, 2.05) is 6.07 Å². The smallest absolute Gasteiger partial charge is 0.221 e. The topological polar surface area (TPSA) is 41.1 Å². The number of aryl methyl sites for hydroxylation is 1. The van der Waals surface area contributed by atoms with Crippen LogP contribution in [0.15, 0.2) is 30.3 Å². The molecule has 1 aromatic heterocycles. The Morgan fingerprint density at radius 1 is 1.25 bits per heavy atom. The van der Waals surface area contributed by atoms with Crippen LogP contribution in [0.25, 0.3) is 0 Å². The van der Waals surface area contributed by atoms with E-state index in [-0.39, 0.29) is 11.7 Å². The predicted octanol–water partition coefficient (Wildman–Crippen LogP) is 4.02. The van der Waals surface area contributed by atoms with Crippen molar-refractivity contribution < 1.29 is 9.18 Å². The van der Waals surface area contributed by atoms with E-state index in [0.717, 1.165) is 11.3 Å². The summed E-state index contributed by atoms with van der Waals surface area (Å²) in [6, 6.07) is 8.63. The van der Waals surface area contributed by atoms with E-state index >= 15 is 0 Å². The summed E-state index contributed by atoms with van der Waals surface area (Å²) in [6.07, 6.45) is 1.01. The molecule has 1 heterocycles. The summed E-state index contributed by atoms with van der Waals surface area (Å²) in [6.45, 7) is 4.11. The SMILES string of the molecule is CCc1ccc(CNc2cc(NC(C)=O)ccc2F)s1. The number of hydrogen-bond acceptors (Lipinski definition) is 3. The standard InChI is InChI=1S/C15H17FN2OS/c1-3-12-5-6-13(20-12)9-17-15-8-11(18-10(2)19)4-7-14(15)16/h4-8,17H,3,9H2,1-2H3,(H,18,19). The van der Waals surface area contributed by atoms with Gasteiger partial charge in [0.1, 0.15) is 5.82 Å². The van der Waals surface area contributed by atoms with Crippen LogP contribution < -0.4 is 10.6 Å². The molecule has 0 bridgehead atoms. The van der Waals surface area contributed by atoms with Crippen molar-refractivity contribution in [3.05, 3.63) is 45.9 Å². The minimum atomic E-state index is -0.327. The number of amides is 1. The molecule has 0 atom stereocenters. The monoisotopic (exact) mass is 292 g/mol. The highest BCUT2D eigenvalue weighted by molar-refractivity contribution is 7.12. The molecule has 2 N–H and O–H groups in total. The van der Waals surface area contributed by atoms with Gasteiger partial charge in [-0.1, -0.05) is 6.92 Å². The first-order valence-corrected chi connectivity index (χ1v) is 7.28. The quantitative estimate of drug-likeness (QED) is 0.874. The third-order valence-electron chi connectivity index (χ3n) is 2.81. The zero-order valence-electron chi connectivity index (χ0n) is 11.5. The number of carbonyl (C=O) groups is 1. The van der Waals surface area contributed by atoms with Crippen LogP contribution in [-0.2, 0) is 17.8 Å². The van der Waals surface area contributed by atoms with E-state index < -0.39 is 0 Å². The van der Waals surface area contributed by atoms with E-state index in [1.165, 1.54) is 17.9 Å². The second-order valence-electron chi connectivity index (χ2n) is 4.45. The average Bonchev–Trinajstić information content (AvgIpc) is 2.87. The lowest BCUT2D eigenvalue weighted by Gasteiger charge is -2.09. The number of anilines is 2. The Kier molecular flexibility index (Phi) is 4.74. The summed E-state index contributed by atoms with van der Waals surface area (Å²) in [4.78, 5) is 13.5. The first-order chi connectivity index (χ1) is 9.58. The summed E-state index contributed by atoms with van der Waals surface area (Å²) in [7, 11) is 0. The van der Waals surface area contributed by atoms with Crippen LogP contribution in [0.3, 0.4) is 0 Å². The third kappa shape index (κ3) is 3.81. The molecule has 0 saturated heterocycles. The molecular weight excluding hydrogens is 275 g/mol. The van der Waals surface area contributed by atoms with Crippen molar-refractivity contribution in [2.45, 2.75) is 26.8 Å². The van der Waals surface area contributed by atoms with Crippen LogP contribution in [0.2, 0.25) is 0 Å². The molecule has 2 rings (SSSR count). The van der Waals surface area contributed by atoms with Crippen molar-refractivity contribution >= 4 is 28.6 Å². The van der Waals surface area contributed by atoms with Gasteiger partial charge < -0.3 is 10.6 Å². The Labute approximate surface area is 121 Å². The molecule has 0 aliphatic heterocycles. The molecule has 0 saturated carbocycles. The molecule has 3 nitrogen and oxygen atoms in total. The van der Waals surface area contributed by atoms with Crippen LogP contribution in [0.1, 0.15) is 23.6 Å². The highest BCUT2D eigenvalue weighted by Gasteiger charge is 2.05. The Balaban J connectivity index is 2.06. The molecule has 1 amide bonds. The van der Waals surface area contributed by atoms with Gasteiger partial charge in [0, 0.05) is 28.9 Å². The first-order valence-electron chi connectivity index (χ1n) is 6.47. The maximum absolute atomic E-state index is 13.7. The van der Waals surface area contributed by atoms with Gasteiger partial charge in [0.2, 0.25) is 5.91 Å². The normalized spacial score (nSPS) is 10.3. The Morgan fingerprint density at radius 2 is 2.00 bits per heavy atom. The van der Waals surface area contributed by atoms with E-state index in [2.05, 4.69) is 23.6 Å². The lowest BCUT2D eigenvalue weighted by molar-refractivity contribution is -0.114. The van der Waals surface area contributed by atoms with Gasteiger partial charge in [-0.05, 0) is 36.8 Å². The van der Waals surface area contributed by atoms with E-state index in [0.29, 0.717) is 17.9 Å². The highest BCUT2D eigenvalue weighted by Crippen LogP contribution is 2.22. The van der Waals surface area contributed by atoms with Gasteiger partial charge in [0.25, 0.3) is 0 Å². The molecule has 0 fully saturated rings. The van der Waals surface area contributed by atoms with Crippen molar-refractivity contribution in [2.24, 2.45) is 0 Å². The van der Waals surface area contributed by atoms with E-state index in [9.17, 15) is 9.18 Å². The molecule has 0 unspecified atom stereocenters. The Hall–Kier alpha value is -1.88. The minimum Gasteiger partial charge on any atom is -0.378 e. The largest absolute Gasteiger partial charge is 0.378 e. The van der Waals surface area contributed by atoms with Gasteiger partial charge in [0.05, 0.1) is 5.69 Å². The number of rotatable bonds is 5. The second kappa shape index (κ2) is 6.52. The lowest BCUT2D eigenvalue weighted by Crippen LogP contribution is -2.07.